The molecule has 2 heterocycles. The van der Waals surface area contributed by atoms with Crippen molar-refractivity contribution in [2.75, 3.05) is 20.6 Å². The van der Waals surface area contributed by atoms with Gasteiger partial charge >= 0.3 is 0 Å². The Balaban J connectivity index is 1.88. The topological polar surface area (TPSA) is 80.3 Å². The van der Waals surface area contributed by atoms with Gasteiger partial charge < -0.3 is 20.1 Å². The van der Waals surface area contributed by atoms with Crippen molar-refractivity contribution in [1.82, 2.24) is 24.6 Å². The van der Waals surface area contributed by atoms with Gasteiger partial charge in [-0.1, -0.05) is 12.1 Å². The van der Waals surface area contributed by atoms with Gasteiger partial charge in [0.2, 0.25) is 0 Å². The van der Waals surface area contributed by atoms with Crippen molar-refractivity contribution in [2.24, 2.45) is 5.73 Å². The highest BCUT2D eigenvalue weighted by Crippen LogP contribution is 2.21. The van der Waals surface area contributed by atoms with Gasteiger partial charge in [0.15, 0.2) is 5.82 Å². The zero-order chi connectivity index (χ0) is 17.3. The molecule has 1 amide bonds. The first kappa shape index (κ1) is 16.6. The van der Waals surface area contributed by atoms with Gasteiger partial charge in [0.1, 0.15) is 5.82 Å². The number of aromatic nitrogens is 3. The van der Waals surface area contributed by atoms with E-state index in [1.807, 2.05) is 50.2 Å². The zero-order valence-corrected chi connectivity index (χ0v) is 14.4. The molecule has 1 unspecified atom stereocenters. The molecule has 0 saturated heterocycles. The smallest absolute Gasteiger partial charge is 0.254 e. The van der Waals surface area contributed by atoms with Crippen LogP contribution in [-0.2, 0) is 19.6 Å². The fraction of sp³-hybridized carbons (Fsp3) is 0.471. The highest BCUT2D eigenvalue weighted by Gasteiger charge is 2.32. The normalized spacial score (nSPS) is 17.2. The van der Waals surface area contributed by atoms with Crippen molar-refractivity contribution in [2.45, 2.75) is 32.6 Å². The molecule has 2 N–H and O–H groups in total. The Labute approximate surface area is 142 Å². The Hall–Kier alpha value is -2.25. The van der Waals surface area contributed by atoms with E-state index >= 15 is 0 Å². The lowest BCUT2D eigenvalue weighted by Crippen LogP contribution is -2.51. The van der Waals surface area contributed by atoms with Crippen LogP contribution in [0.5, 0.6) is 0 Å². The largest absolute Gasteiger partial charge is 0.326 e. The van der Waals surface area contributed by atoms with Crippen LogP contribution in [0.3, 0.4) is 0 Å². The third kappa shape index (κ3) is 3.18. The van der Waals surface area contributed by atoms with Crippen molar-refractivity contribution in [1.29, 1.82) is 0 Å². The Bertz CT molecular complexity index is 721. The molecule has 1 aromatic heterocycles. The van der Waals surface area contributed by atoms with Crippen LogP contribution in [0.15, 0.2) is 24.3 Å². The minimum absolute atomic E-state index is 0.0253. The van der Waals surface area contributed by atoms with Gasteiger partial charge in [-0.05, 0) is 38.7 Å². The molecule has 2 aromatic rings. The maximum absolute atomic E-state index is 13.0. The number of rotatable bonds is 4. The Morgan fingerprint density at radius 1 is 1.29 bits per heavy atom. The maximum Gasteiger partial charge on any atom is 0.254 e. The van der Waals surface area contributed by atoms with E-state index in [0.717, 1.165) is 30.3 Å². The molecular formula is C17H24N6O. The summed E-state index contributed by atoms with van der Waals surface area (Å²) in [4.78, 5) is 17.0. The quantitative estimate of drug-likeness (QED) is 0.890. The monoisotopic (exact) mass is 328 g/mol. The summed E-state index contributed by atoms with van der Waals surface area (Å²) in [6.45, 7) is 4.43. The number of amides is 1. The highest BCUT2D eigenvalue weighted by molar-refractivity contribution is 5.94. The van der Waals surface area contributed by atoms with Crippen molar-refractivity contribution in [3.05, 3.63) is 47.0 Å². The fourth-order valence-corrected chi connectivity index (χ4v) is 3.13. The molecule has 0 spiro atoms. The van der Waals surface area contributed by atoms with Crippen LogP contribution in [0.1, 0.15) is 27.6 Å². The van der Waals surface area contributed by atoms with E-state index < -0.39 is 0 Å². The average Bonchev–Trinajstić information content (AvgIpc) is 2.93. The Morgan fingerprint density at radius 2 is 2.00 bits per heavy atom. The average molecular weight is 328 g/mol. The summed E-state index contributed by atoms with van der Waals surface area (Å²) >= 11 is 0. The Kier molecular flexibility index (Phi) is 4.64. The summed E-state index contributed by atoms with van der Waals surface area (Å²) in [6.07, 6.45) is 0. The number of carbonyl (C=O) groups excluding carboxylic acids is 1. The Morgan fingerprint density at radius 3 is 2.62 bits per heavy atom. The first-order valence-corrected chi connectivity index (χ1v) is 8.13. The summed E-state index contributed by atoms with van der Waals surface area (Å²) in [5, 5.41) is 8.36. The second kappa shape index (κ2) is 6.70. The summed E-state index contributed by atoms with van der Waals surface area (Å²) in [5.74, 6) is 1.76. The number of fused-ring (bicyclic) bond motifs is 1. The molecule has 0 saturated carbocycles. The third-order valence-corrected chi connectivity index (χ3v) is 4.43. The summed E-state index contributed by atoms with van der Waals surface area (Å²) < 4.78 is 2.11. The molecule has 7 nitrogen and oxygen atoms in total. The van der Waals surface area contributed by atoms with E-state index in [0.29, 0.717) is 18.7 Å². The third-order valence-electron chi connectivity index (χ3n) is 4.43. The molecule has 1 aromatic carbocycles. The number of benzene rings is 1. The predicted octanol–water partition coefficient (Wildman–Crippen LogP) is 0.631. The first-order valence-electron chi connectivity index (χ1n) is 8.13. The lowest BCUT2D eigenvalue weighted by atomic mass is 10.1. The predicted molar refractivity (Wildman–Crippen MR) is 91.3 cm³/mol. The second-order valence-electron chi connectivity index (χ2n) is 6.52. The molecule has 24 heavy (non-hydrogen) atoms. The van der Waals surface area contributed by atoms with Gasteiger partial charge in [0, 0.05) is 25.2 Å². The van der Waals surface area contributed by atoms with E-state index in [4.69, 9.17) is 5.73 Å². The van der Waals surface area contributed by atoms with Gasteiger partial charge in [0.25, 0.3) is 5.91 Å². The van der Waals surface area contributed by atoms with Gasteiger partial charge in [-0.3, -0.25) is 4.79 Å². The van der Waals surface area contributed by atoms with E-state index in [-0.39, 0.29) is 11.9 Å². The lowest BCUT2D eigenvalue weighted by Gasteiger charge is -2.37. The number of carbonyl (C=O) groups is 1. The maximum atomic E-state index is 13.0. The van der Waals surface area contributed by atoms with Gasteiger partial charge in [-0.25, -0.2) is 0 Å². The number of aryl methyl sites for hydroxylation is 1. The van der Waals surface area contributed by atoms with Crippen LogP contribution >= 0.6 is 0 Å². The van der Waals surface area contributed by atoms with Gasteiger partial charge in [0.05, 0.1) is 12.6 Å². The first-order chi connectivity index (χ1) is 11.5. The van der Waals surface area contributed by atoms with Crippen LogP contribution < -0.4 is 5.73 Å². The van der Waals surface area contributed by atoms with Crippen molar-refractivity contribution in [3.63, 3.8) is 0 Å². The van der Waals surface area contributed by atoms with Gasteiger partial charge in [-0.2, -0.15) is 0 Å². The molecule has 1 atom stereocenters. The number of hydrogen-bond acceptors (Lipinski definition) is 5. The summed E-state index contributed by atoms with van der Waals surface area (Å²) in [7, 11) is 4.04. The van der Waals surface area contributed by atoms with E-state index in [1.54, 1.807) is 0 Å². The van der Waals surface area contributed by atoms with E-state index in [2.05, 4.69) is 19.7 Å². The molecular weight excluding hydrogens is 304 g/mol. The lowest BCUT2D eigenvalue weighted by molar-refractivity contribution is 0.0543. The number of hydrogen-bond donors (Lipinski definition) is 1. The zero-order valence-electron chi connectivity index (χ0n) is 14.4. The summed E-state index contributed by atoms with van der Waals surface area (Å²) in [6, 6.07) is 7.60. The van der Waals surface area contributed by atoms with Crippen molar-refractivity contribution < 1.29 is 4.79 Å². The van der Waals surface area contributed by atoms with E-state index in [9.17, 15) is 4.79 Å². The van der Waals surface area contributed by atoms with Crippen molar-refractivity contribution >= 4 is 5.91 Å². The molecule has 7 heteroatoms. The minimum atomic E-state index is 0.0253. The summed E-state index contributed by atoms with van der Waals surface area (Å²) in [5.41, 5.74) is 7.33. The van der Waals surface area contributed by atoms with Crippen LogP contribution in [-0.4, -0.2) is 57.2 Å². The SMILES string of the molecule is Cc1nnc2n1CC(CN(C)C)N(C(=O)c1ccc(CN)cc1)C2. The number of likely N-dealkylation sites (N-methyl/N-ethyl adjacent to an activating group) is 1. The van der Waals surface area contributed by atoms with Crippen molar-refractivity contribution in [3.8, 4) is 0 Å². The number of nitrogens with two attached hydrogens (primary N) is 1. The van der Waals surface area contributed by atoms with Crippen LogP contribution in [0, 0.1) is 6.92 Å². The molecule has 0 radical (unpaired) electrons. The molecule has 128 valence electrons. The number of nitrogens with zero attached hydrogens (tertiary/aromatic N) is 5. The molecule has 0 fully saturated rings. The highest BCUT2D eigenvalue weighted by atomic mass is 16.2. The van der Waals surface area contributed by atoms with E-state index in [1.165, 1.54) is 0 Å². The molecule has 1 aliphatic rings. The standard InChI is InChI=1S/C17H24N6O/c1-12-19-20-16-11-23(15(9-21(2)3)10-22(12)16)17(24)14-6-4-13(8-18)5-7-14/h4-7,15H,8-11,18H2,1-3H3. The van der Waals surface area contributed by atoms with Crippen LogP contribution in [0.25, 0.3) is 0 Å². The molecule has 3 rings (SSSR count). The van der Waals surface area contributed by atoms with Crippen LogP contribution in [0.4, 0.5) is 0 Å². The van der Waals surface area contributed by atoms with Crippen LogP contribution in [0.2, 0.25) is 0 Å². The van der Waals surface area contributed by atoms with Gasteiger partial charge in [-0.15, -0.1) is 10.2 Å². The molecule has 1 aliphatic heterocycles. The fourth-order valence-electron chi connectivity index (χ4n) is 3.13. The molecule has 0 aliphatic carbocycles. The second-order valence-corrected chi connectivity index (χ2v) is 6.52. The molecule has 0 bridgehead atoms. The minimum Gasteiger partial charge on any atom is -0.326 e.